The summed E-state index contributed by atoms with van der Waals surface area (Å²) in [4.78, 5) is 12.7. The first-order valence-corrected chi connectivity index (χ1v) is 9.46. The van der Waals surface area contributed by atoms with E-state index < -0.39 is 0 Å². The van der Waals surface area contributed by atoms with Crippen LogP contribution in [0.15, 0.2) is 35.0 Å². The Bertz CT molecular complexity index is 855. The molecule has 2 aromatic heterocycles. The molecule has 3 aromatic rings. The highest BCUT2D eigenvalue weighted by Crippen LogP contribution is 2.22. The maximum Gasteiger partial charge on any atom is 0.223 e. The van der Waals surface area contributed by atoms with E-state index in [4.69, 9.17) is 4.52 Å². The van der Waals surface area contributed by atoms with E-state index >= 15 is 0 Å². The van der Waals surface area contributed by atoms with E-state index in [0.717, 1.165) is 32.0 Å². The van der Waals surface area contributed by atoms with Gasteiger partial charge in [0.2, 0.25) is 5.89 Å². The van der Waals surface area contributed by atoms with Crippen molar-refractivity contribution in [2.24, 2.45) is 0 Å². The van der Waals surface area contributed by atoms with Gasteiger partial charge in [-0.15, -0.1) is 0 Å². The van der Waals surface area contributed by atoms with Crippen LogP contribution in [0.25, 0.3) is 10.9 Å². The SMILES string of the molecule is Cc1nc(CN(C)[C@H]2CCCN(Cc3cccc4cc[nH]c34)CC2)no1. The summed E-state index contributed by atoms with van der Waals surface area (Å²) in [6, 6.07) is 9.28. The average Bonchev–Trinajstić information content (AvgIpc) is 3.20. The number of aromatic amines is 1. The van der Waals surface area contributed by atoms with Gasteiger partial charge in [-0.25, -0.2) is 0 Å². The Labute approximate surface area is 154 Å². The molecule has 6 nitrogen and oxygen atoms in total. The molecule has 6 heteroatoms. The van der Waals surface area contributed by atoms with Crippen molar-refractivity contribution in [3.8, 4) is 0 Å². The van der Waals surface area contributed by atoms with Crippen LogP contribution in [0, 0.1) is 6.92 Å². The molecule has 4 rings (SSSR count). The predicted molar refractivity (Wildman–Crippen MR) is 102 cm³/mol. The second kappa shape index (κ2) is 7.60. The number of rotatable bonds is 5. The van der Waals surface area contributed by atoms with E-state index in [9.17, 15) is 0 Å². The molecule has 1 aromatic carbocycles. The van der Waals surface area contributed by atoms with Gasteiger partial charge < -0.3 is 9.51 Å². The van der Waals surface area contributed by atoms with E-state index in [2.05, 4.69) is 56.2 Å². The molecule has 1 aliphatic rings. The molecule has 3 heterocycles. The zero-order chi connectivity index (χ0) is 17.9. The average molecular weight is 353 g/mol. The summed E-state index contributed by atoms with van der Waals surface area (Å²) in [6.07, 6.45) is 5.65. The van der Waals surface area contributed by atoms with E-state index in [1.165, 1.54) is 35.7 Å². The number of hydrogen-bond acceptors (Lipinski definition) is 5. The van der Waals surface area contributed by atoms with Crippen LogP contribution in [0.4, 0.5) is 0 Å². The standard InChI is InChI=1S/C20H27N5O/c1-15-22-19(23-26-15)14-24(2)18-7-4-11-25(12-9-18)13-17-6-3-5-16-8-10-21-20(16)17/h3,5-6,8,10,18,21H,4,7,9,11-14H2,1-2H3/t18-/m0/s1. The minimum Gasteiger partial charge on any atom is -0.361 e. The van der Waals surface area contributed by atoms with E-state index in [-0.39, 0.29) is 0 Å². The van der Waals surface area contributed by atoms with Gasteiger partial charge in [-0.2, -0.15) is 4.98 Å². The molecular formula is C20H27N5O. The number of aromatic nitrogens is 3. The first-order chi connectivity index (χ1) is 12.7. The zero-order valence-corrected chi connectivity index (χ0v) is 15.6. The van der Waals surface area contributed by atoms with Crippen LogP contribution < -0.4 is 0 Å². The van der Waals surface area contributed by atoms with Gasteiger partial charge in [0.15, 0.2) is 5.82 Å². The normalized spacial score (nSPS) is 19.3. The molecule has 1 atom stereocenters. The van der Waals surface area contributed by atoms with Crippen LogP contribution in [-0.4, -0.2) is 51.1 Å². The van der Waals surface area contributed by atoms with Crippen molar-refractivity contribution in [3.63, 3.8) is 0 Å². The first-order valence-electron chi connectivity index (χ1n) is 9.46. The molecule has 0 radical (unpaired) electrons. The second-order valence-electron chi connectivity index (χ2n) is 7.36. The van der Waals surface area contributed by atoms with Crippen molar-refractivity contribution in [1.29, 1.82) is 0 Å². The Balaban J connectivity index is 1.36. The number of nitrogens with zero attached hydrogens (tertiary/aromatic N) is 4. The molecule has 1 aliphatic heterocycles. The summed E-state index contributed by atoms with van der Waals surface area (Å²) in [7, 11) is 2.17. The summed E-state index contributed by atoms with van der Waals surface area (Å²) in [5.74, 6) is 1.42. The van der Waals surface area contributed by atoms with Crippen molar-refractivity contribution in [1.82, 2.24) is 24.9 Å². The zero-order valence-electron chi connectivity index (χ0n) is 15.6. The van der Waals surface area contributed by atoms with E-state index in [0.29, 0.717) is 11.9 Å². The Morgan fingerprint density at radius 2 is 2.19 bits per heavy atom. The molecule has 0 bridgehead atoms. The summed E-state index contributed by atoms with van der Waals surface area (Å²) in [5.41, 5.74) is 2.67. The predicted octanol–water partition coefficient (Wildman–Crippen LogP) is 3.35. The second-order valence-corrected chi connectivity index (χ2v) is 7.36. The van der Waals surface area contributed by atoms with Crippen LogP contribution in [0.2, 0.25) is 0 Å². The minimum absolute atomic E-state index is 0.570. The number of H-pyrrole nitrogens is 1. The van der Waals surface area contributed by atoms with Gasteiger partial charge in [0.05, 0.1) is 6.54 Å². The molecule has 0 amide bonds. The van der Waals surface area contributed by atoms with Crippen molar-refractivity contribution in [2.45, 2.75) is 45.3 Å². The van der Waals surface area contributed by atoms with Gasteiger partial charge in [-0.1, -0.05) is 23.4 Å². The lowest BCUT2D eigenvalue weighted by molar-refractivity contribution is 0.200. The molecule has 1 saturated heterocycles. The maximum atomic E-state index is 5.09. The van der Waals surface area contributed by atoms with Gasteiger partial charge >= 0.3 is 0 Å². The molecule has 138 valence electrons. The monoisotopic (exact) mass is 353 g/mol. The lowest BCUT2D eigenvalue weighted by Crippen LogP contribution is -2.33. The number of para-hydroxylation sites is 1. The van der Waals surface area contributed by atoms with Crippen LogP contribution in [0.1, 0.15) is 36.5 Å². The Kier molecular flexibility index (Phi) is 5.04. The molecule has 26 heavy (non-hydrogen) atoms. The van der Waals surface area contributed by atoms with Gasteiger partial charge in [-0.3, -0.25) is 9.80 Å². The molecule has 0 aliphatic carbocycles. The van der Waals surface area contributed by atoms with Crippen LogP contribution in [-0.2, 0) is 13.1 Å². The first kappa shape index (κ1) is 17.2. The topological polar surface area (TPSA) is 61.2 Å². The number of benzene rings is 1. The van der Waals surface area contributed by atoms with Crippen LogP contribution in [0.3, 0.4) is 0 Å². The fourth-order valence-corrected chi connectivity index (χ4v) is 4.02. The fourth-order valence-electron chi connectivity index (χ4n) is 4.02. The molecule has 0 unspecified atom stereocenters. The third kappa shape index (κ3) is 3.81. The smallest absolute Gasteiger partial charge is 0.223 e. The highest BCUT2D eigenvalue weighted by Gasteiger charge is 2.22. The summed E-state index contributed by atoms with van der Waals surface area (Å²) >= 11 is 0. The molecule has 0 saturated carbocycles. The maximum absolute atomic E-state index is 5.09. The number of fused-ring (bicyclic) bond motifs is 1. The van der Waals surface area contributed by atoms with Crippen molar-refractivity contribution in [2.75, 3.05) is 20.1 Å². The van der Waals surface area contributed by atoms with Crippen molar-refractivity contribution < 1.29 is 4.52 Å². The van der Waals surface area contributed by atoms with Crippen LogP contribution in [0.5, 0.6) is 0 Å². The summed E-state index contributed by atoms with van der Waals surface area (Å²) in [5, 5.41) is 5.32. The minimum atomic E-state index is 0.570. The lowest BCUT2D eigenvalue weighted by atomic mass is 10.1. The number of hydrogen-bond donors (Lipinski definition) is 1. The van der Waals surface area contributed by atoms with Crippen molar-refractivity contribution in [3.05, 3.63) is 47.7 Å². The summed E-state index contributed by atoms with van der Waals surface area (Å²) in [6.45, 7) is 5.88. The summed E-state index contributed by atoms with van der Waals surface area (Å²) < 4.78 is 5.09. The van der Waals surface area contributed by atoms with E-state index in [1.807, 2.05) is 13.1 Å². The Morgan fingerprint density at radius 3 is 3.04 bits per heavy atom. The highest BCUT2D eigenvalue weighted by molar-refractivity contribution is 5.82. The number of nitrogens with one attached hydrogen (secondary N) is 1. The number of likely N-dealkylation sites (tertiary alicyclic amines) is 1. The Hall–Kier alpha value is -2.18. The molecular weight excluding hydrogens is 326 g/mol. The van der Waals surface area contributed by atoms with Gasteiger partial charge in [-0.05, 0) is 56.4 Å². The Morgan fingerprint density at radius 1 is 1.27 bits per heavy atom. The fraction of sp³-hybridized carbons (Fsp3) is 0.500. The van der Waals surface area contributed by atoms with E-state index in [1.54, 1.807) is 0 Å². The van der Waals surface area contributed by atoms with Gasteiger partial charge in [0, 0.05) is 31.2 Å². The quantitative estimate of drug-likeness (QED) is 0.762. The third-order valence-corrected chi connectivity index (χ3v) is 5.44. The number of aryl methyl sites for hydroxylation is 1. The lowest BCUT2D eigenvalue weighted by Gasteiger charge is -2.26. The van der Waals surface area contributed by atoms with Gasteiger partial charge in [0.1, 0.15) is 0 Å². The molecule has 1 N–H and O–H groups in total. The third-order valence-electron chi connectivity index (χ3n) is 5.44. The molecule has 0 spiro atoms. The van der Waals surface area contributed by atoms with Crippen molar-refractivity contribution >= 4 is 10.9 Å². The molecule has 1 fully saturated rings. The van der Waals surface area contributed by atoms with Crippen LogP contribution >= 0.6 is 0 Å². The van der Waals surface area contributed by atoms with Gasteiger partial charge in [0.25, 0.3) is 0 Å². The highest BCUT2D eigenvalue weighted by atomic mass is 16.5. The largest absolute Gasteiger partial charge is 0.361 e.